The quantitative estimate of drug-likeness (QED) is 0.559. The van der Waals surface area contributed by atoms with Gasteiger partial charge >= 0.3 is 24.2 Å². The van der Waals surface area contributed by atoms with Gasteiger partial charge in [-0.3, -0.25) is 0 Å². The minimum atomic E-state index is -0.256. The molecule has 0 aromatic heterocycles. The van der Waals surface area contributed by atoms with Crippen LogP contribution >= 0.6 is 0 Å². The smallest absolute Gasteiger partial charge is 0.414 e. The molecule has 0 N–H and O–H groups in total. The van der Waals surface area contributed by atoms with Crippen molar-refractivity contribution in [2.75, 3.05) is 0 Å². The van der Waals surface area contributed by atoms with Gasteiger partial charge in [0.25, 0.3) is 0 Å². The minimum Gasteiger partial charge on any atom is -0.414 e. The number of hydrogen-bond donors (Lipinski definition) is 0. The predicted molar refractivity (Wildman–Crippen MR) is 88.8 cm³/mol. The van der Waals surface area contributed by atoms with Crippen LogP contribution in [0, 0.1) is 25.6 Å². The average Bonchev–Trinajstić information content (AvgIpc) is 3.12. The van der Waals surface area contributed by atoms with Crippen LogP contribution in [0.15, 0.2) is 48.1 Å². The molecule has 0 aromatic carbocycles. The third-order valence-electron chi connectivity index (χ3n) is 3.96. The van der Waals surface area contributed by atoms with Crippen LogP contribution in [0.25, 0.3) is 0 Å². The summed E-state index contributed by atoms with van der Waals surface area (Å²) in [4.78, 5) is 0. The number of allylic oxidation sites excluding steroid dienone is 8. The van der Waals surface area contributed by atoms with Gasteiger partial charge in [0, 0.05) is 0 Å². The zero-order valence-electron chi connectivity index (χ0n) is 13.6. The van der Waals surface area contributed by atoms with Crippen LogP contribution in [0.5, 0.6) is 0 Å². The molecule has 2 aliphatic carbocycles. The summed E-state index contributed by atoms with van der Waals surface area (Å²) in [5.74, 6) is 0. The Morgan fingerprint density at radius 2 is 1.64 bits per heavy atom. The van der Waals surface area contributed by atoms with Crippen molar-refractivity contribution in [1.29, 1.82) is 0 Å². The Labute approximate surface area is 146 Å². The monoisotopic (exact) mass is 338 g/mol. The molecule has 1 heterocycles. The van der Waals surface area contributed by atoms with Gasteiger partial charge in [0.15, 0.2) is 0 Å². The van der Waals surface area contributed by atoms with Crippen molar-refractivity contribution in [3.05, 3.63) is 73.7 Å². The molecule has 1 aliphatic heterocycles. The molecule has 2 radical (unpaired) electrons. The van der Waals surface area contributed by atoms with Crippen molar-refractivity contribution in [2.24, 2.45) is 0 Å². The van der Waals surface area contributed by atoms with E-state index in [4.69, 9.17) is 9.31 Å². The average molecular weight is 338 g/mol. The van der Waals surface area contributed by atoms with Gasteiger partial charge in [0.1, 0.15) is 0 Å². The molecule has 3 rings (SSSR count). The molecule has 0 aromatic rings. The molecule has 0 spiro atoms. The summed E-state index contributed by atoms with van der Waals surface area (Å²) >= 11 is 0. The maximum atomic E-state index is 5.85. The fraction of sp³-hybridized carbons (Fsp3) is 0.333. The van der Waals surface area contributed by atoms with Gasteiger partial charge in [0.2, 0.25) is 0 Å². The van der Waals surface area contributed by atoms with Crippen molar-refractivity contribution < 1.29 is 26.4 Å². The molecule has 3 aliphatic rings. The molecule has 2 nitrogen and oxygen atoms in total. The Kier molecular flexibility index (Phi) is 7.15. The molecule has 0 atom stereocenters. The Bertz CT molecular complexity index is 439. The molecular weight excluding hydrogens is 315 g/mol. The first-order chi connectivity index (χ1) is 9.91. The van der Waals surface area contributed by atoms with Gasteiger partial charge < -0.3 is 9.31 Å². The third-order valence-corrected chi connectivity index (χ3v) is 3.96. The molecule has 0 unspecified atom stereocenters. The van der Waals surface area contributed by atoms with E-state index in [0.29, 0.717) is 0 Å². The molecule has 0 bridgehead atoms. The van der Waals surface area contributed by atoms with Gasteiger partial charge in [-0.15, -0.1) is 25.0 Å². The second-order valence-corrected chi connectivity index (χ2v) is 6.16. The summed E-state index contributed by atoms with van der Waals surface area (Å²) in [5.41, 5.74) is 0.664. The first-order valence-corrected chi connectivity index (χ1v) is 7.33. The molecule has 118 valence electrons. The molecule has 1 fully saturated rings. The third kappa shape index (κ3) is 5.14. The summed E-state index contributed by atoms with van der Waals surface area (Å²) < 4.78 is 11.7. The fourth-order valence-electron chi connectivity index (χ4n) is 1.98. The van der Waals surface area contributed by atoms with Crippen LogP contribution < -0.4 is 0 Å². The first-order valence-electron chi connectivity index (χ1n) is 7.33. The second-order valence-electron chi connectivity index (χ2n) is 6.16. The van der Waals surface area contributed by atoms with Crippen LogP contribution in [0.1, 0.15) is 27.7 Å². The number of hydrogen-bond acceptors (Lipinski definition) is 2. The van der Waals surface area contributed by atoms with Gasteiger partial charge in [-0.1, -0.05) is 12.2 Å². The standard InChI is InChI=1S/C13H18BO2.C5H5.Fe/c1-12(2)13(3,4)16-14(15-12)10-9-11-7-5-6-8-11;1-2-4-5-3-1;/h5-10H,1-4H3;1-5H;/q2*-1;+2. The van der Waals surface area contributed by atoms with Crippen LogP contribution in [0.4, 0.5) is 0 Å². The van der Waals surface area contributed by atoms with Crippen LogP contribution in [0.2, 0.25) is 0 Å². The van der Waals surface area contributed by atoms with Gasteiger partial charge in [-0.05, 0) is 27.7 Å². The van der Waals surface area contributed by atoms with E-state index in [-0.39, 0.29) is 35.4 Å². The summed E-state index contributed by atoms with van der Waals surface area (Å²) in [7, 11) is -0.250. The van der Waals surface area contributed by atoms with Gasteiger partial charge in [-0.25, -0.2) is 24.6 Å². The topological polar surface area (TPSA) is 18.5 Å². The largest absolute Gasteiger partial charge is 2.00 e. The van der Waals surface area contributed by atoms with E-state index in [1.807, 2.05) is 56.0 Å². The van der Waals surface area contributed by atoms with E-state index in [9.17, 15) is 0 Å². The summed E-state index contributed by atoms with van der Waals surface area (Å²) in [5, 5.41) is 0. The normalized spacial score (nSPS) is 22.7. The van der Waals surface area contributed by atoms with E-state index in [1.54, 1.807) is 0 Å². The predicted octanol–water partition coefficient (Wildman–Crippen LogP) is 4.04. The molecular formula is C18H23BFeO2. The van der Waals surface area contributed by atoms with Gasteiger partial charge in [-0.2, -0.15) is 11.9 Å². The maximum absolute atomic E-state index is 5.85. The van der Waals surface area contributed by atoms with E-state index in [0.717, 1.165) is 0 Å². The molecule has 0 amide bonds. The molecule has 0 saturated carbocycles. The van der Waals surface area contributed by atoms with Crippen LogP contribution in [0.3, 0.4) is 0 Å². The van der Waals surface area contributed by atoms with E-state index in [1.165, 1.54) is 5.57 Å². The Hall–Kier alpha value is -0.796. The zero-order valence-corrected chi connectivity index (χ0v) is 14.7. The Morgan fingerprint density at radius 1 is 1.05 bits per heavy atom. The van der Waals surface area contributed by atoms with Crippen LogP contribution in [-0.4, -0.2) is 18.3 Å². The van der Waals surface area contributed by atoms with E-state index < -0.39 is 0 Å². The molecule has 4 heteroatoms. The summed E-state index contributed by atoms with van der Waals surface area (Å²) in [6.07, 6.45) is 22.1. The summed E-state index contributed by atoms with van der Waals surface area (Å²) in [6, 6.07) is 0. The van der Waals surface area contributed by atoms with Crippen molar-refractivity contribution in [1.82, 2.24) is 0 Å². The maximum Gasteiger partial charge on any atom is 2.00 e. The van der Waals surface area contributed by atoms with Crippen molar-refractivity contribution in [3.8, 4) is 0 Å². The van der Waals surface area contributed by atoms with E-state index >= 15 is 0 Å². The Balaban J connectivity index is 0.000000344. The SMILES string of the molecule is CC1(C)OB([CH-]C=C2C=CC=C2)OC1(C)C.[CH]1[CH][CH-]C=C1.[Fe+2]. The van der Waals surface area contributed by atoms with Crippen LogP contribution in [-0.2, 0) is 26.4 Å². The molecule has 1 saturated heterocycles. The van der Waals surface area contributed by atoms with Gasteiger partial charge in [0.05, 0.1) is 11.2 Å². The molecule has 22 heavy (non-hydrogen) atoms. The Morgan fingerprint density at radius 3 is 2.05 bits per heavy atom. The fourth-order valence-corrected chi connectivity index (χ4v) is 1.98. The van der Waals surface area contributed by atoms with Crippen molar-refractivity contribution >= 4 is 7.12 Å². The first kappa shape index (κ1) is 19.3. The summed E-state index contributed by atoms with van der Waals surface area (Å²) in [6.45, 7) is 8.24. The minimum absolute atomic E-state index is 0. The van der Waals surface area contributed by atoms with E-state index in [2.05, 4.69) is 39.8 Å². The van der Waals surface area contributed by atoms with Crippen molar-refractivity contribution in [3.63, 3.8) is 0 Å². The zero-order chi connectivity index (χ0) is 15.3. The second kappa shape index (κ2) is 8.17. The number of rotatable bonds is 2. The van der Waals surface area contributed by atoms with Crippen molar-refractivity contribution in [2.45, 2.75) is 38.9 Å².